The van der Waals surface area contributed by atoms with Crippen LogP contribution in [0.25, 0.3) is 0 Å². The summed E-state index contributed by atoms with van der Waals surface area (Å²) < 4.78 is 5.28. The van der Waals surface area contributed by atoms with E-state index in [1.165, 1.54) is 14.0 Å². The number of para-hydroxylation sites is 1. The minimum Gasteiger partial charge on any atom is -0.496 e. The van der Waals surface area contributed by atoms with Gasteiger partial charge < -0.3 is 10.1 Å². The van der Waals surface area contributed by atoms with Crippen molar-refractivity contribution in [3.8, 4) is 5.75 Å². The van der Waals surface area contributed by atoms with Gasteiger partial charge in [0.15, 0.2) is 5.78 Å². The molecule has 1 N–H and O–H groups in total. The van der Waals surface area contributed by atoms with Gasteiger partial charge >= 0.3 is 0 Å². The molecule has 2 aromatic rings. The summed E-state index contributed by atoms with van der Waals surface area (Å²) in [5.41, 5.74) is 2.49. The Balaban J connectivity index is 2.28. The molecule has 4 heteroatoms. The summed E-state index contributed by atoms with van der Waals surface area (Å²) in [6, 6.07) is 12.2. The van der Waals surface area contributed by atoms with Gasteiger partial charge in [0, 0.05) is 11.3 Å². The molecule has 0 saturated heterocycles. The van der Waals surface area contributed by atoms with Crippen LogP contribution in [0.2, 0.25) is 0 Å². The Labute approximate surface area is 123 Å². The van der Waals surface area contributed by atoms with Crippen molar-refractivity contribution in [3.05, 3.63) is 59.2 Å². The third-order valence-electron chi connectivity index (χ3n) is 3.19. The molecular weight excluding hydrogens is 266 g/mol. The average molecular weight is 283 g/mol. The van der Waals surface area contributed by atoms with E-state index in [2.05, 4.69) is 5.32 Å². The summed E-state index contributed by atoms with van der Waals surface area (Å²) in [5, 5.41) is 2.78. The van der Waals surface area contributed by atoms with Gasteiger partial charge in [-0.1, -0.05) is 24.3 Å². The van der Waals surface area contributed by atoms with E-state index in [0.29, 0.717) is 22.6 Å². The number of benzene rings is 2. The van der Waals surface area contributed by atoms with E-state index in [9.17, 15) is 9.59 Å². The third-order valence-corrected chi connectivity index (χ3v) is 3.19. The van der Waals surface area contributed by atoms with Crippen LogP contribution in [0.4, 0.5) is 5.69 Å². The van der Waals surface area contributed by atoms with E-state index in [4.69, 9.17) is 4.74 Å². The molecule has 0 aliphatic carbocycles. The summed E-state index contributed by atoms with van der Waals surface area (Å²) in [5.74, 6) is 0.244. The first-order valence-corrected chi connectivity index (χ1v) is 6.59. The van der Waals surface area contributed by atoms with Gasteiger partial charge in [0.2, 0.25) is 0 Å². The number of rotatable bonds is 4. The van der Waals surface area contributed by atoms with Crippen molar-refractivity contribution in [2.45, 2.75) is 13.8 Å². The lowest BCUT2D eigenvalue weighted by atomic mass is 10.1. The minimum absolute atomic E-state index is 0.0424. The smallest absolute Gasteiger partial charge is 0.259 e. The predicted molar refractivity (Wildman–Crippen MR) is 82.1 cm³/mol. The van der Waals surface area contributed by atoms with Crippen LogP contribution >= 0.6 is 0 Å². The highest BCUT2D eigenvalue weighted by atomic mass is 16.5. The normalized spacial score (nSPS) is 10.0. The average Bonchev–Trinajstić information content (AvgIpc) is 2.47. The van der Waals surface area contributed by atoms with Gasteiger partial charge in [-0.2, -0.15) is 0 Å². The van der Waals surface area contributed by atoms with Gasteiger partial charge in [-0.05, 0) is 37.6 Å². The van der Waals surface area contributed by atoms with Gasteiger partial charge in [0.05, 0.1) is 12.7 Å². The van der Waals surface area contributed by atoms with Gasteiger partial charge in [-0.15, -0.1) is 0 Å². The SMILES string of the molecule is COc1c(C)cccc1C(=O)Nc1cccc(C(C)=O)c1. The molecule has 0 atom stereocenters. The van der Waals surface area contributed by atoms with Crippen molar-refractivity contribution < 1.29 is 14.3 Å². The van der Waals surface area contributed by atoms with Crippen molar-refractivity contribution >= 4 is 17.4 Å². The lowest BCUT2D eigenvalue weighted by Gasteiger charge is -2.11. The topological polar surface area (TPSA) is 55.4 Å². The van der Waals surface area contributed by atoms with E-state index in [0.717, 1.165) is 5.56 Å². The second kappa shape index (κ2) is 6.22. The van der Waals surface area contributed by atoms with Crippen molar-refractivity contribution in [1.29, 1.82) is 0 Å². The van der Waals surface area contributed by atoms with Crippen LogP contribution in [0.15, 0.2) is 42.5 Å². The maximum absolute atomic E-state index is 12.4. The Morgan fingerprint density at radius 2 is 1.81 bits per heavy atom. The van der Waals surface area contributed by atoms with Crippen molar-refractivity contribution in [3.63, 3.8) is 0 Å². The highest BCUT2D eigenvalue weighted by Crippen LogP contribution is 2.24. The van der Waals surface area contributed by atoms with Gasteiger partial charge in [0.25, 0.3) is 5.91 Å². The molecule has 0 heterocycles. The summed E-state index contributed by atoms with van der Waals surface area (Å²) in [6.07, 6.45) is 0. The number of hydrogen-bond acceptors (Lipinski definition) is 3. The Morgan fingerprint density at radius 3 is 2.48 bits per heavy atom. The largest absolute Gasteiger partial charge is 0.496 e. The van der Waals surface area contributed by atoms with Crippen molar-refractivity contribution in [2.75, 3.05) is 12.4 Å². The molecular formula is C17H17NO3. The molecule has 2 aromatic carbocycles. The number of methoxy groups -OCH3 is 1. The summed E-state index contributed by atoms with van der Waals surface area (Å²) in [4.78, 5) is 23.7. The lowest BCUT2D eigenvalue weighted by molar-refractivity contribution is 0.101. The number of nitrogens with one attached hydrogen (secondary N) is 1. The van der Waals surface area contributed by atoms with Crippen LogP contribution in [0.1, 0.15) is 33.2 Å². The fourth-order valence-corrected chi connectivity index (χ4v) is 2.12. The summed E-state index contributed by atoms with van der Waals surface area (Å²) in [7, 11) is 1.54. The summed E-state index contributed by atoms with van der Waals surface area (Å²) in [6.45, 7) is 3.37. The van der Waals surface area contributed by atoms with Gasteiger partial charge in [-0.3, -0.25) is 9.59 Å². The molecule has 0 aliphatic rings. The maximum atomic E-state index is 12.4. The highest BCUT2D eigenvalue weighted by Gasteiger charge is 2.14. The number of ether oxygens (including phenoxy) is 1. The fraction of sp³-hybridized carbons (Fsp3) is 0.176. The number of anilines is 1. The molecule has 0 aromatic heterocycles. The second-order valence-corrected chi connectivity index (χ2v) is 4.75. The number of carbonyl (C=O) groups is 2. The van der Waals surface area contributed by atoms with Crippen molar-refractivity contribution in [2.24, 2.45) is 0 Å². The van der Waals surface area contributed by atoms with E-state index in [1.807, 2.05) is 13.0 Å². The number of hydrogen-bond donors (Lipinski definition) is 1. The first kappa shape index (κ1) is 14.8. The first-order chi connectivity index (χ1) is 10.0. The number of carbonyl (C=O) groups excluding carboxylic acids is 2. The van der Waals surface area contributed by atoms with Crippen LogP contribution in [0.3, 0.4) is 0 Å². The molecule has 0 fully saturated rings. The quantitative estimate of drug-likeness (QED) is 0.874. The maximum Gasteiger partial charge on any atom is 0.259 e. The van der Waals surface area contributed by atoms with Crippen LogP contribution < -0.4 is 10.1 Å². The molecule has 0 radical (unpaired) electrons. The van der Waals surface area contributed by atoms with E-state index >= 15 is 0 Å². The third kappa shape index (κ3) is 3.28. The Morgan fingerprint density at radius 1 is 1.10 bits per heavy atom. The monoisotopic (exact) mass is 283 g/mol. The zero-order valence-corrected chi connectivity index (χ0v) is 12.3. The Bertz CT molecular complexity index is 692. The van der Waals surface area contributed by atoms with Gasteiger partial charge in [0.1, 0.15) is 5.75 Å². The van der Waals surface area contributed by atoms with Crippen LogP contribution in [-0.4, -0.2) is 18.8 Å². The minimum atomic E-state index is -0.267. The summed E-state index contributed by atoms with van der Waals surface area (Å²) >= 11 is 0. The molecule has 4 nitrogen and oxygen atoms in total. The molecule has 0 aliphatic heterocycles. The first-order valence-electron chi connectivity index (χ1n) is 6.59. The molecule has 0 unspecified atom stereocenters. The Kier molecular flexibility index (Phi) is 4.38. The predicted octanol–water partition coefficient (Wildman–Crippen LogP) is 3.46. The van der Waals surface area contributed by atoms with E-state index < -0.39 is 0 Å². The van der Waals surface area contributed by atoms with Crippen LogP contribution in [0.5, 0.6) is 5.75 Å². The fourth-order valence-electron chi connectivity index (χ4n) is 2.12. The number of amides is 1. The van der Waals surface area contributed by atoms with Crippen molar-refractivity contribution in [1.82, 2.24) is 0 Å². The molecule has 0 spiro atoms. The zero-order valence-electron chi connectivity index (χ0n) is 12.3. The zero-order chi connectivity index (χ0) is 15.4. The lowest BCUT2D eigenvalue weighted by Crippen LogP contribution is -2.14. The molecule has 0 saturated carbocycles. The molecule has 108 valence electrons. The van der Waals surface area contributed by atoms with Gasteiger partial charge in [-0.25, -0.2) is 0 Å². The molecule has 2 rings (SSSR count). The molecule has 0 bridgehead atoms. The number of ketones is 1. The number of Topliss-reactive ketones (excluding diaryl/α,β-unsaturated/α-hetero) is 1. The van der Waals surface area contributed by atoms with E-state index in [-0.39, 0.29) is 11.7 Å². The van der Waals surface area contributed by atoms with E-state index in [1.54, 1.807) is 36.4 Å². The number of aryl methyl sites for hydroxylation is 1. The standard InChI is InChI=1S/C17H17NO3/c1-11-6-4-9-15(16(11)21-3)17(20)18-14-8-5-7-13(10-14)12(2)19/h4-10H,1-3H3,(H,18,20). The second-order valence-electron chi connectivity index (χ2n) is 4.75. The molecule has 21 heavy (non-hydrogen) atoms. The van der Waals surface area contributed by atoms with Crippen LogP contribution in [-0.2, 0) is 0 Å². The highest BCUT2D eigenvalue weighted by molar-refractivity contribution is 6.07. The molecule has 1 amide bonds. The van der Waals surface area contributed by atoms with Crippen LogP contribution in [0, 0.1) is 6.92 Å². The Hall–Kier alpha value is -2.62.